The minimum absolute atomic E-state index is 0.0820. The lowest BCUT2D eigenvalue weighted by Crippen LogP contribution is -2.40. The monoisotopic (exact) mass is 242 g/mol. The van der Waals surface area contributed by atoms with Crippen molar-refractivity contribution in [3.63, 3.8) is 0 Å². The highest BCUT2D eigenvalue weighted by atomic mass is 16.1. The second kappa shape index (κ2) is 5.19. The van der Waals surface area contributed by atoms with Gasteiger partial charge in [0.15, 0.2) is 0 Å². The summed E-state index contributed by atoms with van der Waals surface area (Å²) in [6.07, 6.45) is 0. The van der Waals surface area contributed by atoms with E-state index in [9.17, 15) is 4.79 Å². The Bertz CT molecular complexity index is 560. The molecule has 0 aliphatic carbocycles. The fourth-order valence-electron chi connectivity index (χ4n) is 2.17. The molecule has 0 fully saturated rings. The fraction of sp³-hybridized carbons (Fsp3) is 0.267. The van der Waals surface area contributed by atoms with E-state index in [0.717, 1.165) is 0 Å². The minimum Gasteiger partial charge on any atom is -0.368 e. The van der Waals surface area contributed by atoms with Gasteiger partial charge in [0.25, 0.3) is 0 Å². The number of fused-ring (bicyclic) bond motifs is 1. The minimum atomic E-state index is -0.334. The summed E-state index contributed by atoms with van der Waals surface area (Å²) < 4.78 is 0. The molecule has 0 spiro atoms. The molecule has 0 saturated heterocycles. The molecule has 0 radical (unpaired) electrons. The van der Waals surface area contributed by atoms with Gasteiger partial charge in [-0.2, -0.15) is 0 Å². The van der Waals surface area contributed by atoms with Crippen molar-refractivity contribution in [3.05, 3.63) is 48.0 Å². The van der Waals surface area contributed by atoms with Crippen molar-refractivity contribution in [1.29, 1.82) is 0 Å². The van der Waals surface area contributed by atoms with Gasteiger partial charge in [-0.3, -0.25) is 10.1 Å². The topological polar surface area (TPSA) is 55.1 Å². The van der Waals surface area contributed by atoms with Crippen molar-refractivity contribution in [3.8, 4) is 0 Å². The molecule has 0 aromatic heterocycles. The van der Waals surface area contributed by atoms with E-state index in [4.69, 9.17) is 5.73 Å². The molecular weight excluding hydrogens is 224 g/mol. The fourth-order valence-corrected chi connectivity index (χ4v) is 2.17. The number of nitrogens with one attached hydrogen (secondary N) is 1. The molecule has 0 saturated carbocycles. The van der Waals surface area contributed by atoms with Crippen LogP contribution in [0.15, 0.2) is 42.5 Å². The van der Waals surface area contributed by atoms with Crippen molar-refractivity contribution < 1.29 is 4.79 Å². The average Bonchev–Trinajstić information content (AvgIpc) is 2.37. The summed E-state index contributed by atoms with van der Waals surface area (Å²) in [7, 11) is 0. The highest BCUT2D eigenvalue weighted by molar-refractivity contribution is 5.86. The van der Waals surface area contributed by atoms with E-state index in [1.165, 1.54) is 16.3 Å². The van der Waals surface area contributed by atoms with E-state index >= 15 is 0 Å². The maximum atomic E-state index is 11.1. The van der Waals surface area contributed by atoms with E-state index < -0.39 is 0 Å². The predicted octanol–water partition coefficient (Wildman–Crippen LogP) is 2.36. The number of carbonyl (C=O) groups is 1. The number of carbonyl (C=O) groups excluding carboxylic acids is 1. The van der Waals surface area contributed by atoms with Crippen LogP contribution in [0.4, 0.5) is 0 Å². The zero-order chi connectivity index (χ0) is 13.1. The summed E-state index contributed by atoms with van der Waals surface area (Å²) in [6, 6.07) is 14.2. The standard InChI is InChI=1S/C15H18N2O/c1-10(17-11(2)15(16)18)13-9-5-7-12-6-3-4-8-14(12)13/h3-11,17H,1-2H3,(H2,16,18)/t10-,11+/m0/s1. The first-order chi connectivity index (χ1) is 8.59. The summed E-state index contributed by atoms with van der Waals surface area (Å²) in [5.41, 5.74) is 6.46. The highest BCUT2D eigenvalue weighted by Crippen LogP contribution is 2.24. The molecule has 2 aromatic carbocycles. The Hall–Kier alpha value is -1.87. The van der Waals surface area contributed by atoms with Gasteiger partial charge in [0, 0.05) is 6.04 Å². The Morgan fingerprint density at radius 3 is 2.50 bits per heavy atom. The van der Waals surface area contributed by atoms with Crippen LogP contribution in [-0.4, -0.2) is 11.9 Å². The van der Waals surface area contributed by atoms with Crippen molar-refractivity contribution in [1.82, 2.24) is 5.32 Å². The quantitative estimate of drug-likeness (QED) is 0.864. The van der Waals surface area contributed by atoms with Crippen LogP contribution in [0.5, 0.6) is 0 Å². The molecule has 0 aliphatic rings. The molecule has 2 rings (SSSR count). The summed E-state index contributed by atoms with van der Waals surface area (Å²) >= 11 is 0. The van der Waals surface area contributed by atoms with Crippen LogP contribution in [0.2, 0.25) is 0 Å². The van der Waals surface area contributed by atoms with Crippen LogP contribution >= 0.6 is 0 Å². The van der Waals surface area contributed by atoms with Gasteiger partial charge in [-0.05, 0) is 30.2 Å². The number of hydrogen-bond donors (Lipinski definition) is 2. The van der Waals surface area contributed by atoms with Gasteiger partial charge in [-0.1, -0.05) is 42.5 Å². The molecule has 3 heteroatoms. The molecular formula is C15H18N2O. The van der Waals surface area contributed by atoms with E-state index in [1.807, 2.05) is 25.1 Å². The van der Waals surface area contributed by atoms with E-state index in [2.05, 4.69) is 29.6 Å². The first-order valence-corrected chi connectivity index (χ1v) is 6.12. The molecule has 0 aliphatic heterocycles. The number of primary amides is 1. The molecule has 3 nitrogen and oxygen atoms in total. The molecule has 0 unspecified atom stereocenters. The second-order valence-electron chi connectivity index (χ2n) is 4.58. The van der Waals surface area contributed by atoms with E-state index in [0.29, 0.717) is 0 Å². The van der Waals surface area contributed by atoms with Crippen molar-refractivity contribution in [2.24, 2.45) is 5.73 Å². The first-order valence-electron chi connectivity index (χ1n) is 6.12. The van der Waals surface area contributed by atoms with Gasteiger partial charge >= 0.3 is 0 Å². The summed E-state index contributed by atoms with van der Waals surface area (Å²) in [5, 5.41) is 5.62. The van der Waals surface area contributed by atoms with Gasteiger partial charge < -0.3 is 5.73 Å². The van der Waals surface area contributed by atoms with Gasteiger partial charge in [-0.25, -0.2) is 0 Å². The highest BCUT2D eigenvalue weighted by Gasteiger charge is 2.14. The molecule has 18 heavy (non-hydrogen) atoms. The number of amides is 1. The smallest absolute Gasteiger partial charge is 0.234 e. The number of benzene rings is 2. The Morgan fingerprint density at radius 1 is 1.11 bits per heavy atom. The lowest BCUT2D eigenvalue weighted by molar-refractivity contribution is -0.119. The molecule has 2 aromatic rings. The molecule has 1 amide bonds. The van der Waals surface area contributed by atoms with Gasteiger partial charge in [-0.15, -0.1) is 0 Å². The third-order valence-electron chi connectivity index (χ3n) is 3.22. The molecule has 0 heterocycles. The average molecular weight is 242 g/mol. The van der Waals surface area contributed by atoms with Crippen molar-refractivity contribution >= 4 is 16.7 Å². The van der Waals surface area contributed by atoms with Gasteiger partial charge in [0.2, 0.25) is 5.91 Å². The van der Waals surface area contributed by atoms with E-state index in [1.54, 1.807) is 6.92 Å². The maximum absolute atomic E-state index is 11.1. The third-order valence-corrected chi connectivity index (χ3v) is 3.22. The van der Waals surface area contributed by atoms with Gasteiger partial charge in [0.1, 0.15) is 0 Å². The Kier molecular flexibility index (Phi) is 3.63. The van der Waals surface area contributed by atoms with Gasteiger partial charge in [0.05, 0.1) is 6.04 Å². The maximum Gasteiger partial charge on any atom is 0.234 e. The van der Waals surface area contributed by atoms with Crippen LogP contribution in [0, 0.1) is 0 Å². The van der Waals surface area contributed by atoms with Crippen LogP contribution in [0.25, 0.3) is 10.8 Å². The van der Waals surface area contributed by atoms with Crippen LogP contribution < -0.4 is 11.1 Å². The molecule has 2 atom stereocenters. The Labute approximate surface area is 107 Å². The summed E-state index contributed by atoms with van der Waals surface area (Å²) in [4.78, 5) is 11.1. The lowest BCUT2D eigenvalue weighted by atomic mass is 9.99. The molecule has 0 bridgehead atoms. The van der Waals surface area contributed by atoms with E-state index in [-0.39, 0.29) is 18.0 Å². The number of rotatable bonds is 4. The zero-order valence-corrected chi connectivity index (χ0v) is 10.7. The Morgan fingerprint density at radius 2 is 1.78 bits per heavy atom. The SMILES string of the molecule is C[C@H](N[C@H](C)C(N)=O)c1cccc2ccccc12. The lowest BCUT2D eigenvalue weighted by Gasteiger charge is -2.19. The van der Waals surface area contributed by atoms with Crippen molar-refractivity contribution in [2.45, 2.75) is 25.9 Å². The molecule has 94 valence electrons. The third kappa shape index (κ3) is 2.51. The number of hydrogen-bond acceptors (Lipinski definition) is 2. The summed E-state index contributed by atoms with van der Waals surface area (Å²) in [6.45, 7) is 3.82. The predicted molar refractivity (Wildman–Crippen MR) is 74.2 cm³/mol. The molecule has 3 N–H and O–H groups in total. The second-order valence-corrected chi connectivity index (χ2v) is 4.58. The van der Waals surface area contributed by atoms with Crippen LogP contribution in [-0.2, 0) is 4.79 Å². The van der Waals surface area contributed by atoms with Crippen LogP contribution in [0.3, 0.4) is 0 Å². The Balaban J connectivity index is 2.33. The normalized spacial score (nSPS) is 14.3. The largest absolute Gasteiger partial charge is 0.368 e. The zero-order valence-electron chi connectivity index (χ0n) is 10.7. The van der Waals surface area contributed by atoms with Crippen LogP contribution in [0.1, 0.15) is 25.5 Å². The summed E-state index contributed by atoms with van der Waals surface area (Å²) in [5.74, 6) is -0.331. The first kappa shape index (κ1) is 12.6. The number of nitrogens with two attached hydrogens (primary N) is 1. The van der Waals surface area contributed by atoms with Crippen molar-refractivity contribution in [2.75, 3.05) is 0 Å².